The number of halogens is 3. The molecule has 0 fully saturated rings. The number of aliphatic hydroxyl groups is 1. The Morgan fingerprint density at radius 2 is 1.75 bits per heavy atom. The van der Waals surface area contributed by atoms with Gasteiger partial charge in [0.25, 0.3) is 0 Å². The summed E-state index contributed by atoms with van der Waals surface area (Å²) in [6, 6.07) is 5.12. The van der Waals surface area contributed by atoms with Crippen molar-refractivity contribution in [1.29, 1.82) is 0 Å². The number of benzene rings is 1. The second kappa shape index (κ2) is 7.06. The largest absolute Gasteiger partial charge is 0.416 e. The molecule has 0 aromatic heterocycles. The third kappa shape index (κ3) is 4.77. The van der Waals surface area contributed by atoms with Crippen LogP contribution in [0.1, 0.15) is 24.5 Å². The number of rotatable bonds is 7. The van der Waals surface area contributed by atoms with Gasteiger partial charge in [-0.05, 0) is 31.5 Å². The van der Waals surface area contributed by atoms with Crippen LogP contribution in [0.4, 0.5) is 13.2 Å². The standard InChI is InChI=1S/C14H20F3NO2/c1-13(19,7-8-18-9-10-20-2)11-5-3-4-6-12(11)14(15,16)17/h3-6,18-19H,7-10H2,1-2H3. The van der Waals surface area contributed by atoms with Crippen LogP contribution in [0.25, 0.3) is 0 Å². The summed E-state index contributed by atoms with van der Waals surface area (Å²) in [4.78, 5) is 0. The topological polar surface area (TPSA) is 41.5 Å². The lowest BCUT2D eigenvalue weighted by molar-refractivity contribution is -0.140. The first kappa shape index (κ1) is 16.9. The Bertz CT molecular complexity index is 419. The number of alkyl halides is 3. The second-order valence-electron chi connectivity index (χ2n) is 4.81. The zero-order valence-corrected chi connectivity index (χ0v) is 11.6. The Morgan fingerprint density at radius 3 is 2.30 bits per heavy atom. The lowest BCUT2D eigenvalue weighted by Gasteiger charge is -2.27. The van der Waals surface area contributed by atoms with Crippen molar-refractivity contribution < 1.29 is 23.0 Å². The second-order valence-corrected chi connectivity index (χ2v) is 4.81. The van der Waals surface area contributed by atoms with E-state index in [9.17, 15) is 18.3 Å². The molecule has 0 heterocycles. The molecule has 0 spiro atoms. The minimum atomic E-state index is -4.47. The molecule has 0 aliphatic rings. The molecule has 0 saturated carbocycles. The van der Waals surface area contributed by atoms with E-state index in [4.69, 9.17) is 4.74 Å². The molecule has 20 heavy (non-hydrogen) atoms. The molecule has 0 aliphatic carbocycles. The molecule has 3 nitrogen and oxygen atoms in total. The average Bonchev–Trinajstić information content (AvgIpc) is 2.37. The summed E-state index contributed by atoms with van der Waals surface area (Å²) >= 11 is 0. The molecule has 1 rings (SSSR count). The summed E-state index contributed by atoms with van der Waals surface area (Å²) in [5.41, 5.74) is -2.42. The van der Waals surface area contributed by atoms with E-state index in [1.165, 1.54) is 25.1 Å². The van der Waals surface area contributed by atoms with Gasteiger partial charge in [0.05, 0.1) is 17.8 Å². The fraction of sp³-hybridized carbons (Fsp3) is 0.571. The van der Waals surface area contributed by atoms with Gasteiger partial charge in [0.1, 0.15) is 0 Å². The van der Waals surface area contributed by atoms with Gasteiger partial charge in [-0.25, -0.2) is 0 Å². The van der Waals surface area contributed by atoms with Crippen LogP contribution >= 0.6 is 0 Å². The molecule has 0 radical (unpaired) electrons. The van der Waals surface area contributed by atoms with Crippen molar-refractivity contribution in [3.63, 3.8) is 0 Å². The third-order valence-electron chi connectivity index (χ3n) is 3.08. The highest BCUT2D eigenvalue weighted by Crippen LogP contribution is 2.37. The first-order valence-electron chi connectivity index (χ1n) is 6.38. The monoisotopic (exact) mass is 291 g/mol. The predicted molar refractivity (Wildman–Crippen MR) is 70.4 cm³/mol. The molecule has 2 N–H and O–H groups in total. The number of nitrogens with one attached hydrogen (secondary N) is 1. The van der Waals surface area contributed by atoms with E-state index in [2.05, 4.69) is 5.32 Å². The SMILES string of the molecule is COCCNCCC(C)(O)c1ccccc1C(F)(F)F. The highest BCUT2D eigenvalue weighted by Gasteiger charge is 2.38. The van der Waals surface area contributed by atoms with Crippen LogP contribution in [0.3, 0.4) is 0 Å². The van der Waals surface area contributed by atoms with Crippen LogP contribution in [-0.4, -0.2) is 31.9 Å². The maximum atomic E-state index is 12.9. The first-order valence-corrected chi connectivity index (χ1v) is 6.38. The van der Waals surface area contributed by atoms with Gasteiger partial charge in [-0.2, -0.15) is 13.2 Å². The van der Waals surface area contributed by atoms with Crippen molar-refractivity contribution in [1.82, 2.24) is 5.32 Å². The first-order chi connectivity index (χ1) is 9.29. The molecule has 0 amide bonds. The highest BCUT2D eigenvalue weighted by molar-refractivity contribution is 5.34. The molecule has 0 saturated heterocycles. The fourth-order valence-corrected chi connectivity index (χ4v) is 1.97. The lowest BCUT2D eigenvalue weighted by atomic mass is 9.88. The third-order valence-corrected chi connectivity index (χ3v) is 3.08. The van der Waals surface area contributed by atoms with Crippen LogP contribution in [0.15, 0.2) is 24.3 Å². The lowest BCUT2D eigenvalue weighted by Crippen LogP contribution is -2.31. The van der Waals surface area contributed by atoms with Gasteiger partial charge in [0.15, 0.2) is 0 Å². The minimum Gasteiger partial charge on any atom is -0.385 e. The van der Waals surface area contributed by atoms with Gasteiger partial charge in [-0.1, -0.05) is 18.2 Å². The number of methoxy groups -OCH3 is 1. The molecule has 1 aromatic carbocycles. The zero-order valence-electron chi connectivity index (χ0n) is 11.6. The Morgan fingerprint density at radius 1 is 1.15 bits per heavy atom. The molecule has 1 atom stereocenters. The Kier molecular flexibility index (Phi) is 5.98. The van der Waals surface area contributed by atoms with Gasteiger partial charge in [-0.3, -0.25) is 0 Å². The Labute approximate surface area is 116 Å². The van der Waals surface area contributed by atoms with E-state index < -0.39 is 17.3 Å². The zero-order chi connectivity index (χ0) is 15.2. The maximum Gasteiger partial charge on any atom is 0.416 e. The highest BCUT2D eigenvalue weighted by atomic mass is 19.4. The van der Waals surface area contributed by atoms with Gasteiger partial charge in [-0.15, -0.1) is 0 Å². The van der Waals surface area contributed by atoms with Gasteiger partial charge >= 0.3 is 6.18 Å². The van der Waals surface area contributed by atoms with Crippen molar-refractivity contribution in [3.05, 3.63) is 35.4 Å². The summed E-state index contributed by atoms with van der Waals surface area (Å²) in [5.74, 6) is 0. The van der Waals surface area contributed by atoms with Crippen molar-refractivity contribution in [2.75, 3.05) is 26.8 Å². The van der Waals surface area contributed by atoms with Crippen molar-refractivity contribution in [2.24, 2.45) is 0 Å². The molecule has 1 unspecified atom stereocenters. The van der Waals surface area contributed by atoms with E-state index in [-0.39, 0.29) is 12.0 Å². The summed E-state index contributed by atoms with van der Waals surface area (Å²) in [7, 11) is 1.57. The van der Waals surface area contributed by atoms with Crippen LogP contribution < -0.4 is 5.32 Å². The van der Waals surface area contributed by atoms with Crippen LogP contribution in [-0.2, 0) is 16.5 Å². The van der Waals surface area contributed by atoms with Gasteiger partial charge in [0, 0.05) is 13.7 Å². The van der Waals surface area contributed by atoms with Crippen molar-refractivity contribution >= 4 is 0 Å². The molecular formula is C14H20F3NO2. The van der Waals surface area contributed by atoms with Crippen LogP contribution in [0, 0.1) is 0 Å². The fourth-order valence-electron chi connectivity index (χ4n) is 1.97. The van der Waals surface area contributed by atoms with E-state index in [0.29, 0.717) is 19.7 Å². The summed E-state index contributed by atoms with van der Waals surface area (Å²) in [6.07, 6.45) is -4.28. The van der Waals surface area contributed by atoms with Gasteiger partial charge in [0.2, 0.25) is 0 Å². The quantitative estimate of drug-likeness (QED) is 0.759. The minimum absolute atomic E-state index is 0.0963. The summed E-state index contributed by atoms with van der Waals surface area (Å²) in [6.45, 7) is 2.91. The van der Waals surface area contributed by atoms with E-state index >= 15 is 0 Å². The van der Waals surface area contributed by atoms with Crippen molar-refractivity contribution in [3.8, 4) is 0 Å². The Hall–Kier alpha value is -1.11. The number of hydrogen-bond donors (Lipinski definition) is 2. The molecule has 0 bridgehead atoms. The number of hydrogen-bond acceptors (Lipinski definition) is 3. The molecule has 114 valence electrons. The smallest absolute Gasteiger partial charge is 0.385 e. The predicted octanol–water partition coefficient (Wildman–Crippen LogP) is 2.54. The summed E-state index contributed by atoms with van der Waals surface area (Å²) < 4.78 is 43.6. The number of ether oxygens (including phenoxy) is 1. The molecule has 6 heteroatoms. The maximum absolute atomic E-state index is 12.9. The van der Waals surface area contributed by atoms with E-state index in [1.807, 2.05) is 0 Å². The molecular weight excluding hydrogens is 271 g/mol. The van der Waals surface area contributed by atoms with E-state index in [0.717, 1.165) is 6.07 Å². The Balaban J connectivity index is 2.77. The van der Waals surface area contributed by atoms with E-state index in [1.54, 1.807) is 7.11 Å². The molecule has 0 aliphatic heterocycles. The summed E-state index contributed by atoms with van der Waals surface area (Å²) in [5, 5.41) is 13.3. The average molecular weight is 291 g/mol. The van der Waals surface area contributed by atoms with Crippen LogP contribution in [0.5, 0.6) is 0 Å². The van der Waals surface area contributed by atoms with Crippen LogP contribution in [0.2, 0.25) is 0 Å². The normalized spacial score (nSPS) is 15.1. The molecule has 1 aromatic rings. The van der Waals surface area contributed by atoms with Gasteiger partial charge < -0.3 is 15.2 Å². The van der Waals surface area contributed by atoms with Crippen molar-refractivity contribution in [2.45, 2.75) is 25.1 Å².